The highest BCUT2D eigenvalue weighted by molar-refractivity contribution is 8.13. The van der Waals surface area contributed by atoms with Crippen molar-refractivity contribution in [3.05, 3.63) is 28.8 Å². The third-order valence-electron chi connectivity index (χ3n) is 1.44. The van der Waals surface area contributed by atoms with E-state index < -0.39 is 9.05 Å². The monoisotopic (exact) mass is 258 g/mol. The number of benzene rings is 1. The molecule has 0 aliphatic heterocycles. The second-order valence-electron chi connectivity index (χ2n) is 2.32. The van der Waals surface area contributed by atoms with Crippen molar-refractivity contribution in [3.8, 4) is 0 Å². The van der Waals surface area contributed by atoms with E-state index in [1.54, 1.807) is 6.07 Å². The van der Waals surface area contributed by atoms with Crippen LogP contribution in [-0.2, 0) is 14.9 Å². The zero-order chi connectivity index (χ0) is 10.1. The number of hydrogen-bond acceptors (Lipinski definition) is 2. The van der Waals surface area contributed by atoms with Crippen LogP contribution in [0.3, 0.4) is 0 Å². The van der Waals surface area contributed by atoms with Gasteiger partial charge in [-0.2, -0.15) is 0 Å². The molecule has 0 bridgehead atoms. The maximum Gasteiger partial charge on any atom is 0.261 e. The van der Waals surface area contributed by atoms with Gasteiger partial charge in [0.1, 0.15) is 0 Å². The van der Waals surface area contributed by atoms with Crippen LogP contribution in [0.5, 0.6) is 0 Å². The minimum absolute atomic E-state index is 0.0309. The third-order valence-corrected chi connectivity index (χ3v) is 3.36. The van der Waals surface area contributed by atoms with Crippen LogP contribution in [0.2, 0.25) is 5.02 Å². The first-order valence-electron chi connectivity index (χ1n) is 3.24. The number of halogens is 3. The summed E-state index contributed by atoms with van der Waals surface area (Å²) in [6.45, 7) is 0. The molecule has 2 nitrogen and oxygen atoms in total. The van der Waals surface area contributed by atoms with Crippen molar-refractivity contribution >= 4 is 42.9 Å². The van der Waals surface area contributed by atoms with Crippen molar-refractivity contribution in [2.24, 2.45) is 0 Å². The molecule has 0 saturated carbocycles. The van der Waals surface area contributed by atoms with Gasteiger partial charge in [-0.1, -0.05) is 17.7 Å². The molecule has 6 heteroatoms. The molecule has 0 radical (unpaired) electrons. The number of hydrogen-bond donors (Lipinski definition) is 0. The maximum absolute atomic E-state index is 11.0. The summed E-state index contributed by atoms with van der Waals surface area (Å²) >= 11 is 11.1. The summed E-state index contributed by atoms with van der Waals surface area (Å²) in [6, 6.07) is 4.37. The topological polar surface area (TPSA) is 34.1 Å². The van der Waals surface area contributed by atoms with Gasteiger partial charge in [0.25, 0.3) is 9.05 Å². The molecular formula is C7H5Cl3O2S. The van der Waals surface area contributed by atoms with E-state index in [0.29, 0.717) is 10.6 Å². The normalized spacial score (nSPS) is 11.6. The average molecular weight is 260 g/mol. The Morgan fingerprint density at radius 2 is 1.92 bits per heavy atom. The van der Waals surface area contributed by atoms with E-state index in [1.807, 2.05) is 0 Å². The van der Waals surface area contributed by atoms with Crippen LogP contribution in [0.25, 0.3) is 0 Å². The van der Waals surface area contributed by atoms with Crippen LogP contribution in [0.4, 0.5) is 0 Å². The van der Waals surface area contributed by atoms with Crippen LogP contribution < -0.4 is 0 Å². The molecule has 1 aromatic carbocycles. The molecule has 0 aliphatic rings. The third kappa shape index (κ3) is 2.74. The predicted molar refractivity (Wildman–Crippen MR) is 54.0 cm³/mol. The van der Waals surface area contributed by atoms with Gasteiger partial charge < -0.3 is 0 Å². The average Bonchev–Trinajstić information content (AvgIpc) is 2.03. The molecule has 0 N–H and O–H groups in total. The Labute approximate surface area is 90.8 Å². The Bertz CT molecular complexity index is 414. The minimum atomic E-state index is -3.76. The van der Waals surface area contributed by atoms with Gasteiger partial charge in [0.2, 0.25) is 0 Å². The van der Waals surface area contributed by atoms with Gasteiger partial charge in [-0.15, -0.1) is 11.6 Å². The lowest BCUT2D eigenvalue weighted by atomic mass is 10.2. The Hall–Kier alpha value is 0.0400. The van der Waals surface area contributed by atoms with Crippen LogP contribution in [0.15, 0.2) is 23.1 Å². The van der Waals surface area contributed by atoms with Crippen molar-refractivity contribution < 1.29 is 8.42 Å². The van der Waals surface area contributed by atoms with E-state index in [9.17, 15) is 8.42 Å². The van der Waals surface area contributed by atoms with Crippen molar-refractivity contribution in [1.82, 2.24) is 0 Å². The fourth-order valence-corrected chi connectivity index (χ4v) is 2.57. The predicted octanol–water partition coefficient (Wildman–Crippen LogP) is 3.01. The van der Waals surface area contributed by atoms with E-state index in [2.05, 4.69) is 0 Å². The van der Waals surface area contributed by atoms with Crippen molar-refractivity contribution in [2.75, 3.05) is 0 Å². The highest BCUT2D eigenvalue weighted by atomic mass is 35.7. The summed E-state index contributed by atoms with van der Waals surface area (Å²) in [4.78, 5) is -0.0309. The second kappa shape index (κ2) is 4.05. The van der Waals surface area contributed by atoms with Gasteiger partial charge in [0, 0.05) is 21.6 Å². The SMILES string of the molecule is O=S(=O)(Cl)c1cc(Cl)ccc1CCl. The first kappa shape index (κ1) is 11.1. The lowest BCUT2D eigenvalue weighted by Crippen LogP contribution is -1.95. The lowest BCUT2D eigenvalue weighted by molar-refractivity contribution is 0.609. The lowest BCUT2D eigenvalue weighted by Gasteiger charge is -2.02. The zero-order valence-electron chi connectivity index (χ0n) is 6.30. The number of rotatable bonds is 2. The molecule has 1 rings (SSSR count). The highest BCUT2D eigenvalue weighted by Gasteiger charge is 2.15. The molecule has 1 aromatic rings. The first-order chi connectivity index (χ1) is 5.95. The fourth-order valence-electron chi connectivity index (χ4n) is 0.866. The summed E-state index contributed by atoms with van der Waals surface area (Å²) in [6.07, 6.45) is 0. The molecule has 0 saturated heterocycles. The largest absolute Gasteiger partial charge is 0.261 e. The Kier molecular flexibility index (Phi) is 3.46. The Balaban J connectivity index is 3.41. The molecular weight excluding hydrogens is 255 g/mol. The van der Waals surface area contributed by atoms with Crippen LogP contribution in [-0.4, -0.2) is 8.42 Å². The van der Waals surface area contributed by atoms with Crippen LogP contribution >= 0.6 is 33.9 Å². The Morgan fingerprint density at radius 3 is 2.38 bits per heavy atom. The van der Waals surface area contributed by atoms with Crippen molar-refractivity contribution in [1.29, 1.82) is 0 Å². The minimum Gasteiger partial charge on any atom is -0.207 e. The molecule has 0 heterocycles. The smallest absolute Gasteiger partial charge is 0.207 e. The standard InChI is InChI=1S/C7H5Cl3O2S/c8-4-5-1-2-6(9)3-7(5)13(10,11)12/h1-3H,4H2. The first-order valence-corrected chi connectivity index (χ1v) is 6.46. The van der Waals surface area contributed by atoms with E-state index in [4.69, 9.17) is 33.9 Å². The molecule has 72 valence electrons. The van der Waals surface area contributed by atoms with E-state index in [1.165, 1.54) is 12.1 Å². The molecule has 0 aromatic heterocycles. The highest BCUT2D eigenvalue weighted by Crippen LogP contribution is 2.24. The van der Waals surface area contributed by atoms with Gasteiger partial charge in [-0.05, 0) is 17.7 Å². The zero-order valence-corrected chi connectivity index (χ0v) is 9.38. The Morgan fingerprint density at radius 1 is 1.31 bits per heavy atom. The van der Waals surface area contributed by atoms with Crippen LogP contribution in [0, 0.1) is 0 Å². The maximum atomic E-state index is 11.0. The number of alkyl halides is 1. The second-order valence-corrected chi connectivity index (χ2v) is 5.56. The summed E-state index contributed by atoms with van der Waals surface area (Å²) in [5, 5.41) is 0.313. The summed E-state index contributed by atoms with van der Waals surface area (Å²) in [7, 11) is 1.40. The molecule has 0 atom stereocenters. The van der Waals surface area contributed by atoms with E-state index in [0.717, 1.165) is 0 Å². The molecule has 0 fully saturated rings. The van der Waals surface area contributed by atoms with Crippen molar-refractivity contribution in [2.45, 2.75) is 10.8 Å². The van der Waals surface area contributed by atoms with E-state index in [-0.39, 0.29) is 10.8 Å². The van der Waals surface area contributed by atoms with E-state index >= 15 is 0 Å². The quantitative estimate of drug-likeness (QED) is 0.604. The summed E-state index contributed by atoms with van der Waals surface area (Å²) in [5.74, 6) is 0.0818. The van der Waals surface area contributed by atoms with Crippen LogP contribution in [0.1, 0.15) is 5.56 Å². The van der Waals surface area contributed by atoms with Gasteiger partial charge in [-0.3, -0.25) is 0 Å². The molecule has 0 spiro atoms. The van der Waals surface area contributed by atoms with Gasteiger partial charge >= 0.3 is 0 Å². The summed E-state index contributed by atoms with van der Waals surface area (Å²) in [5.41, 5.74) is 0.445. The van der Waals surface area contributed by atoms with Gasteiger partial charge in [0.15, 0.2) is 0 Å². The fraction of sp³-hybridized carbons (Fsp3) is 0.143. The molecule has 0 amide bonds. The molecule has 13 heavy (non-hydrogen) atoms. The van der Waals surface area contributed by atoms with Crippen molar-refractivity contribution in [3.63, 3.8) is 0 Å². The molecule has 0 aliphatic carbocycles. The van der Waals surface area contributed by atoms with Gasteiger partial charge in [0.05, 0.1) is 4.90 Å². The van der Waals surface area contributed by atoms with Gasteiger partial charge in [-0.25, -0.2) is 8.42 Å². The summed E-state index contributed by atoms with van der Waals surface area (Å²) < 4.78 is 22.0. The molecule has 0 unspecified atom stereocenters.